The number of thiocarbonyl (C=S) groups is 1. The van der Waals surface area contributed by atoms with Gasteiger partial charge in [0.25, 0.3) is 0 Å². The van der Waals surface area contributed by atoms with Crippen molar-refractivity contribution < 1.29 is 4.92 Å². The van der Waals surface area contributed by atoms with Crippen LogP contribution in [0.3, 0.4) is 0 Å². The second kappa shape index (κ2) is 6.21. The van der Waals surface area contributed by atoms with Crippen LogP contribution in [0.5, 0.6) is 0 Å². The predicted molar refractivity (Wildman–Crippen MR) is 78.3 cm³/mol. The Hall–Kier alpha value is -2.06. The zero-order valence-electron chi connectivity index (χ0n) is 9.70. The normalized spacial score (nSPS) is 9.89. The molecular formula is C11H10N4O2S2. The third kappa shape index (κ3) is 3.97. The van der Waals surface area contributed by atoms with Crippen molar-refractivity contribution in [2.45, 2.75) is 6.54 Å². The molecule has 0 aliphatic carbocycles. The summed E-state index contributed by atoms with van der Waals surface area (Å²) in [5.41, 5.74) is 1.09. The molecule has 0 spiro atoms. The zero-order valence-corrected chi connectivity index (χ0v) is 11.3. The van der Waals surface area contributed by atoms with Crippen molar-refractivity contribution in [2.24, 2.45) is 0 Å². The van der Waals surface area contributed by atoms with E-state index in [9.17, 15) is 10.1 Å². The van der Waals surface area contributed by atoms with Crippen LogP contribution in [0.4, 0.5) is 10.1 Å². The van der Waals surface area contributed by atoms with Gasteiger partial charge in [0.2, 0.25) is 0 Å². The molecule has 0 aliphatic rings. The Morgan fingerprint density at radius 1 is 1.42 bits per heavy atom. The molecule has 1 heterocycles. The number of rotatable bonds is 4. The maximum atomic E-state index is 10.5. The van der Waals surface area contributed by atoms with E-state index in [1.165, 1.54) is 6.20 Å². The molecule has 2 N–H and O–H groups in total. The van der Waals surface area contributed by atoms with Crippen LogP contribution in [0.1, 0.15) is 5.56 Å². The van der Waals surface area contributed by atoms with E-state index in [4.69, 9.17) is 12.2 Å². The third-order valence-electron chi connectivity index (χ3n) is 2.19. The van der Waals surface area contributed by atoms with E-state index in [2.05, 4.69) is 15.6 Å². The van der Waals surface area contributed by atoms with Gasteiger partial charge < -0.3 is 10.6 Å². The molecule has 2 aromatic rings. The van der Waals surface area contributed by atoms with Crippen molar-refractivity contribution in [1.82, 2.24) is 10.3 Å². The van der Waals surface area contributed by atoms with E-state index < -0.39 is 4.92 Å². The zero-order chi connectivity index (χ0) is 13.7. The highest BCUT2D eigenvalue weighted by Gasteiger charge is 2.11. The predicted octanol–water partition coefficient (Wildman–Crippen LogP) is 2.54. The first-order chi connectivity index (χ1) is 9.15. The second-order valence-electron chi connectivity index (χ2n) is 3.55. The van der Waals surface area contributed by atoms with Crippen molar-refractivity contribution in [1.29, 1.82) is 0 Å². The van der Waals surface area contributed by atoms with Crippen molar-refractivity contribution in [3.05, 3.63) is 52.2 Å². The van der Waals surface area contributed by atoms with Gasteiger partial charge in [0.15, 0.2) is 10.2 Å². The number of benzene rings is 1. The fraction of sp³-hybridized carbons (Fsp3) is 0.0909. The Morgan fingerprint density at radius 2 is 2.16 bits per heavy atom. The summed E-state index contributed by atoms with van der Waals surface area (Å²) in [5, 5.41) is 17.1. The van der Waals surface area contributed by atoms with Gasteiger partial charge in [0.1, 0.15) is 6.20 Å². The summed E-state index contributed by atoms with van der Waals surface area (Å²) < 4.78 is 0. The highest BCUT2D eigenvalue weighted by molar-refractivity contribution is 7.80. The molecule has 0 atom stereocenters. The Balaban J connectivity index is 1.85. The summed E-state index contributed by atoms with van der Waals surface area (Å²) in [4.78, 5) is 13.9. The molecule has 0 radical (unpaired) electrons. The lowest BCUT2D eigenvalue weighted by molar-refractivity contribution is -0.380. The minimum absolute atomic E-state index is 0.0200. The first kappa shape index (κ1) is 13.4. The van der Waals surface area contributed by atoms with Crippen molar-refractivity contribution in [3.63, 3.8) is 0 Å². The summed E-state index contributed by atoms with van der Waals surface area (Å²) in [6.07, 6.45) is 1.20. The van der Waals surface area contributed by atoms with Gasteiger partial charge in [-0.15, -0.1) is 0 Å². The number of hydrogen-bond acceptors (Lipinski definition) is 5. The van der Waals surface area contributed by atoms with Gasteiger partial charge in [-0.1, -0.05) is 30.3 Å². The van der Waals surface area contributed by atoms with Crippen LogP contribution < -0.4 is 10.6 Å². The van der Waals surface area contributed by atoms with Gasteiger partial charge in [-0.25, -0.2) is 4.98 Å². The Morgan fingerprint density at radius 3 is 2.79 bits per heavy atom. The monoisotopic (exact) mass is 294 g/mol. The molecular weight excluding hydrogens is 284 g/mol. The summed E-state index contributed by atoms with van der Waals surface area (Å²) in [6, 6.07) is 9.78. The molecule has 0 saturated heterocycles. The van der Waals surface area contributed by atoms with Gasteiger partial charge in [-0.05, 0) is 29.1 Å². The number of nitrogens with zero attached hydrogens (tertiary/aromatic N) is 2. The van der Waals surface area contributed by atoms with Crippen molar-refractivity contribution in [3.8, 4) is 0 Å². The van der Waals surface area contributed by atoms with Crippen LogP contribution in [0.25, 0.3) is 0 Å². The first-order valence-electron chi connectivity index (χ1n) is 5.34. The molecule has 19 heavy (non-hydrogen) atoms. The molecule has 0 fully saturated rings. The third-order valence-corrected chi connectivity index (χ3v) is 3.30. The quantitative estimate of drug-likeness (QED) is 0.512. The molecule has 98 valence electrons. The van der Waals surface area contributed by atoms with Crippen LogP contribution in [-0.4, -0.2) is 15.0 Å². The second-order valence-corrected chi connectivity index (χ2v) is 4.97. The fourth-order valence-corrected chi connectivity index (χ4v) is 2.20. The van der Waals surface area contributed by atoms with Gasteiger partial charge >= 0.3 is 5.00 Å². The summed E-state index contributed by atoms with van der Waals surface area (Å²) in [7, 11) is 0. The first-order valence-corrected chi connectivity index (χ1v) is 6.56. The average molecular weight is 294 g/mol. The van der Waals surface area contributed by atoms with Crippen molar-refractivity contribution >= 4 is 38.8 Å². The lowest BCUT2D eigenvalue weighted by atomic mass is 10.2. The number of anilines is 1. The van der Waals surface area contributed by atoms with Gasteiger partial charge in [0.05, 0.1) is 4.92 Å². The lowest BCUT2D eigenvalue weighted by Crippen LogP contribution is -2.27. The smallest absolute Gasteiger partial charge is 0.345 e. The Kier molecular flexibility index (Phi) is 4.37. The van der Waals surface area contributed by atoms with E-state index in [1.54, 1.807) is 0 Å². The minimum Gasteiger partial charge on any atom is -0.358 e. The van der Waals surface area contributed by atoms with Crippen LogP contribution in [0, 0.1) is 10.1 Å². The number of hydrogen-bond donors (Lipinski definition) is 2. The summed E-state index contributed by atoms with van der Waals surface area (Å²) >= 11 is 6.03. The molecule has 1 aromatic heterocycles. The maximum Gasteiger partial charge on any atom is 0.345 e. The number of nitrogens with one attached hydrogen (secondary N) is 2. The standard InChI is InChI=1S/C11H10N4O2S2/c16-15(17)9-7-13-11(19-9)14-10(18)12-6-8-4-2-1-3-5-8/h1-5,7H,6H2,(H2,12,13,14,18). The minimum atomic E-state index is -0.483. The molecule has 0 amide bonds. The van der Waals surface area contributed by atoms with Crippen LogP contribution >= 0.6 is 23.6 Å². The molecule has 0 aliphatic heterocycles. The molecule has 6 nitrogen and oxygen atoms in total. The maximum absolute atomic E-state index is 10.5. The highest BCUT2D eigenvalue weighted by atomic mass is 32.1. The molecule has 0 unspecified atom stereocenters. The largest absolute Gasteiger partial charge is 0.358 e. The van der Waals surface area contributed by atoms with Gasteiger partial charge in [0, 0.05) is 6.54 Å². The average Bonchev–Trinajstić information content (AvgIpc) is 2.86. The van der Waals surface area contributed by atoms with E-state index in [-0.39, 0.29) is 5.00 Å². The molecule has 2 rings (SSSR count). The van der Waals surface area contributed by atoms with E-state index >= 15 is 0 Å². The highest BCUT2D eigenvalue weighted by Crippen LogP contribution is 2.24. The van der Waals surface area contributed by atoms with E-state index in [0.29, 0.717) is 16.8 Å². The van der Waals surface area contributed by atoms with Crippen LogP contribution in [0.15, 0.2) is 36.5 Å². The summed E-state index contributed by atoms with van der Waals surface area (Å²) in [6.45, 7) is 0.583. The van der Waals surface area contributed by atoms with E-state index in [1.807, 2.05) is 30.3 Å². The molecule has 0 saturated carbocycles. The molecule has 8 heteroatoms. The number of thiazole rings is 1. The fourth-order valence-electron chi connectivity index (χ4n) is 1.33. The molecule has 1 aromatic carbocycles. The van der Waals surface area contributed by atoms with Crippen LogP contribution in [0.2, 0.25) is 0 Å². The Labute approximate surface area is 118 Å². The number of nitro groups is 1. The lowest BCUT2D eigenvalue weighted by Gasteiger charge is -2.07. The SMILES string of the molecule is O=[N+]([O-])c1cnc(NC(=S)NCc2ccccc2)s1. The van der Waals surface area contributed by atoms with Gasteiger partial charge in [-0.3, -0.25) is 10.1 Å². The molecule has 0 bridgehead atoms. The van der Waals surface area contributed by atoms with Gasteiger partial charge in [-0.2, -0.15) is 0 Å². The van der Waals surface area contributed by atoms with Crippen LogP contribution in [-0.2, 0) is 6.54 Å². The number of aromatic nitrogens is 1. The summed E-state index contributed by atoms with van der Waals surface area (Å²) in [5.74, 6) is 0. The Bertz CT molecular complexity index is 585. The topological polar surface area (TPSA) is 80.1 Å². The van der Waals surface area contributed by atoms with E-state index in [0.717, 1.165) is 16.9 Å². The van der Waals surface area contributed by atoms with Crippen molar-refractivity contribution in [2.75, 3.05) is 5.32 Å².